The minimum atomic E-state index is -0.458. The molecule has 0 aliphatic rings. The fraction of sp³-hybridized carbons (Fsp3) is 0.250. The Labute approximate surface area is 95.0 Å². The van der Waals surface area contributed by atoms with E-state index in [0.717, 1.165) is 0 Å². The molecule has 0 saturated heterocycles. The molecule has 1 aromatic carbocycles. The van der Waals surface area contributed by atoms with Crippen LogP contribution in [-0.4, -0.2) is 17.3 Å². The molecule has 1 aromatic rings. The van der Waals surface area contributed by atoms with Gasteiger partial charge in [0.15, 0.2) is 0 Å². The van der Waals surface area contributed by atoms with Gasteiger partial charge in [0, 0.05) is 11.8 Å². The first-order valence-corrected chi connectivity index (χ1v) is 5.25. The molecule has 0 radical (unpaired) electrons. The molecular formula is C8H8BrNO3S. The summed E-state index contributed by atoms with van der Waals surface area (Å²) in [5.74, 6) is 1.03. The quantitative estimate of drug-likeness (QED) is 0.523. The number of thiol groups is 1. The lowest BCUT2D eigenvalue weighted by molar-refractivity contribution is -0.384. The molecule has 0 atom stereocenters. The lowest BCUT2D eigenvalue weighted by Gasteiger charge is -2.05. The van der Waals surface area contributed by atoms with Crippen molar-refractivity contribution in [2.45, 2.75) is 0 Å². The van der Waals surface area contributed by atoms with Crippen molar-refractivity contribution < 1.29 is 9.66 Å². The molecule has 1 rings (SSSR count). The number of ether oxygens (including phenoxy) is 1. The number of nitrogens with zero attached hydrogens (tertiary/aromatic N) is 1. The highest BCUT2D eigenvalue weighted by molar-refractivity contribution is 9.10. The molecule has 0 spiro atoms. The summed E-state index contributed by atoms with van der Waals surface area (Å²) in [6, 6.07) is 4.39. The fourth-order valence-electron chi connectivity index (χ4n) is 0.872. The van der Waals surface area contributed by atoms with Gasteiger partial charge in [0.1, 0.15) is 5.75 Å². The van der Waals surface area contributed by atoms with Crippen molar-refractivity contribution in [2.75, 3.05) is 12.4 Å². The minimum absolute atomic E-state index is 0.0161. The number of hydrogen-bond donors (Lipinski definition) is 1. The van der Waals surface area contributed by atoms with Crippen LogP contribution in [0.25, 0.3) is 0 Å². The fourth-order valence-corrected chi connectivity index (χ4v) is 1.32. The van der Waals surface area contributed by atoms with Crippen LogP contribution in [0.3, 0.4) is 0 Å². The second-order valence-electron chi connectivity index (χ2n) is 2.44. The average Bonchev–Trinajstić information content (AvgIpc) is 2.16. The van der Waals surface area contributed by atoms with Crippen LogP contribution < -0.4 is 4.74 Å². The van der Waals surface area contributed by atoms with E-state index in [1.807, 2.05) is 0 Å². The van der Waals surface area contributed by atoms with Gasteiger partial charge < -0.3 is 4.74 Å². The van der Waals surface area contributed by atoms with Gasteiger partial charge in [-0.3, -0.25) is 10.1 Å². The summed E-state index contributed by atoms with van der Waals surface area (Å²) < 4.78 is 5.95. The summed E-state index contributed by atoms with van der Waals surface area (Å²) in [6.45, 7) is 0.420. The van der Waals surface area contributed by atoms with Crippen LogP contribution >= 0.6 is 28.6 Å². The molecule has 0 unspecified atom stereocenters. The van der Waals surface area contributed by atoms with E-state index in [4.69, 9.17) is 4.74 Å². The van der Waals surface area contributed by atoms with Crippen molar-refractivity contribution >= 4 is 34.2 Å². The van der Waals surface area contributed by atoms with Gasteiger partial charge in [0.05, 0.1) is 22.1 Å². The van der Waals surface area contributed by atoms with Crippen LogP contribution in [0.2, 0.25) is 0 Å². The molecule has 0 aromatic heterocycles. The molecule has 0 aliphatic carbocycles. The van der Waals surface area contributed by atoms with Crippen molar-refractivity contribution in [2.24, 2.45) is 0 Å². The van der Waals surface area contributed by atoms with E-state index in [0.29, 0.717) is 22.6 Å². The zero-order valence-electron chi connectivity index (χ0n) is 7.14. The maximum absolute atomic E-state index is 10.5. The summed E-state index contributed by atoms with van der Waals surface area (Å²) in [5.41, 5.74) is 0.0161. The molecule has 76 valence electrons. The van der Waals surface area contributed by atoms with E-state index in [1.54, 1.807) is 6.07 Å². The molecule has 0 fully saturated rings. The molecule has 4 nitrogen and oxygen atoms in total. The Kier molecular flexibility index (Phi) is 4.21. The smallest absolute Gasteiger partial charge is 0.273 e. The molecule has 0 aliphatic heterocycles. The summed E-state index contributed by atoms with van der Waals surface area (Å²) >= 11 is 7.21. The average molecular weight is 278 g/mol. The van der Waals surface area contributed by atoms with E-state index in [1.165, 1.54) is 12.1 Å². The molecular weight excluding hydrogens is 270 g/mol. The standard InChI is InChI=1S/C8H8BrNO3S/c9-7-2-1-6(10(11)12)5-8(7)13-3-4-14/h1-2,5,14H,3-4H2. The Morgan fingerprint density at radius 1 is 1.57 bits per heavy atom. The number of nitro benzene ring substituents is 1. The molecule has 0 heterocycles. The van der Waals surface area contributed by atoms with Crippen LogP contribution in [-0.2, 0) is 0 Å². The summed E-state index contributed by atoms with van der Waals surface area (Å²) in [4.78, 5) is 10.00. The van der Waals surface area contributed by atoms with Crippen LogP contribution in [0, 0.1) is 10.1 Å². The summed E-state index contributed by atoms with van der Waals surface area (Å²) in [7, 11) is 0. The van der Waals surface area contributed by atoms with Crippen molar-refractivity contribution in [1.29, 1.82) is 0 Å². The van der Waals surface area contributed by atoms with Crippen LogP contribution in [0.4, 0.5) is 5.69 Å². The number of benzene rings is 1. The predicted octanol–water partition coefficient (Wildman–Crippen LogP) is 2.67. The maximum atomic E-state index is 10.5. The lowest BCUT2D eigenvalue weighted by Crippen LogP contribution is -1.99. The molecule has 6 heteroatoms. The van der Waals surface area contributed by atoms with Gasteiger partial charge in [-0.05, 0) is 22.0 Å². The van der Waals surface area contributed by atoms with E-state index < -0.39 is 4.92 Å². The Bertz CT molecular complexity index is 345. The van der Waals surface area contributed by atoms with Crippen molar-refractivity contribution in [3.63, 3.8) is 0 Å². The number of hydrogen-bond acceptors (Lipinski definition) is 4. The highest BCUT2D eigenvalue weighted by Crippen LogP contribution is 2.29. The van der Waals surface area contributed by atoms with E-state index in [9.17, 15) is 10.1 Å². The van der Waals surface area contributed by atoms with Gasteiger partial charge in [-0.2, -0.15) is 12.6 Å². The van der Waals surface area contributed by atoms with Crippen molar-refractivity contribution in [3.8, 4) is 5.75 Å². The second-order valence-corrected chi connectivity index (χ2v) is 3.75. The number of non-ortho nitro benzene ring substituents is 1. The summed E-state index contributed by atoms with van der Waals surface area (Å²) in [5, 5.41) is 10.5. The number of nitro groups is 1. The Hall–Kier alpha value is -0.750. The highest BCUT2D eigenvalue weighted by Gasteiger charge is 2.09. The third-order valence-corrected chi connectivity index (χ3v) is 2.31. The van der Waals surface area contributed by atoms with E-state index in [2.05, 4.69) is 28.6 Å². The van der Waals surface area contributed by atoms with Gasteiger partial charge in [0.25, 0.3) is 5.69 Å². The molecule has 0 saturated carbocycles. The summed E-state index contributed by atoms with van der Waals surface area (Å²) in [6.07, 6.45) is 0. The predicted molar refractivity (Wildman–Crippen MR) is 60.1 cm³/mol. The number of rotatable bonds is 4. The molecule has 0 bridgehead atoms. The number of halogens is 1. The normalized spacial score (nSPS) is 9.86. The maximum Gasteiger partial charge on any atom is 0.273 e. The van der Waals surface area contributed by atoms with Crippen molar-refractivity contribution in [1.82, 2.24) is 0 Å². The Morgan fingerprint density at radius 2 is 2.29 bits per heavy atom. The van der Waals surface area contributed by atoms with Crippen LogP contribution in [0.15, 0.2) is 22.7 Å². The van der Waals surface area contributed by atoms with E-state index >= 15 is 0 Å². The van der Waals surface area contributed by atoms with Crippen molar-refractivity contribution in [3.05, 3.63) is 32.8 Å². The third kappa shape index (κ3) is 2.88. The zero-order chi connectivity index (χ0) is 10.6. The van der Waals surface area contributed by atoms with E-state index in [-0.39, 0.29) is 5.69 Å². The SMILES string of the molecule is O=[N+]([O-])c1ccc(Br)c(OCCS)c1. The first-order chi connectivity index (χ1) is 6.65. The van der Waals surface area contributed by atoms with Gasteiger partial charge in [-0.25, -0.2) is 0 Å². The largest absolute Gasteiger partial charge is 0.491 e. The Balaban J connectivity index is 2.90. The van der Waals surface area contributed by atoms with Gasteiger partial charge in [0.2, 0.25) is 0 Å². The second kappa shape index (κ2) is 5.21. The Morgan fingerprint density at radius 3 is 2.86 bits per heavy atom. The highest BCUT2D eigenvalue weighted by atomic mass is 79.9. The third-order valence-electron chi connectivity index (χ3n) is 1.47. The van der Waals surface area contributed by atoms with Gasteiger partial charge in [-0.15, -0.1) is 0 Å². The van der Waals surface area contributed by atoms with Gasteiger partial charge >= 0.3 is 0 Å². The first-order valence-electron chi connectivity index (χ1n) is 3.82. The van der Waals surface area contributed by atoms with Gasteiger partial charge in [-0.1, -0.05) is 0 Å². The molecule has 0 amide bonds. The minimum Gasteiger partial charge on any atom is -0.491 e. The van der Waals surface area contributed by atoms with Crippen LogP contribution in [0.1, 0.15) is 0 Å². The monoisotopic (exact) mass is 277 g/mol. The first kappa shape index (κ1) is 11.3. The van der Waals surface area contributed by atoms with Crippen LogP contribution in [0.5, 0.6) is 5.75 Å². The zero-order valence-corrected chi connectivity index (χ0v) is 9.62. The topological polar surface area (TPSA) is 52.4 Å². The molecule has 14 heavy (non-hydrogen) atoms. The molecule has 0 N–H and O–H groups in total. The lowest BCUT2D eigenvalue weighted by atomic mass is 10.3.